The minimum Gasteiger partial charge on any atom is -0.374 e. The lowest BCUT2D eigenvalue weighted by atomic mass is 9.98. The number of nitrogens with one attached hydrogen (secondary N) is 1. The Morgan fingerprint density at radius 3 is 3.00 bits per heavy atom. The minimum atomic E-state index is -0.195. The number of nitrogens with zero attached hydrogens (tertiary/aromatic N) is 1. The Morgan fingerprint density at radius 1 is 1.58 bits per heavy atom. The molecule has 2 unspecified atom stereocenters. The number of morpholine rings is 1. The summed E-state index contributed by atoms with van der Waals surface area (Å²) in [4.78, 5) is 2.33. The predicted octanol–water partition coefficient (Wildman–Crippen LogP) is 1.36. The largest absolute Gasteiger partial charge is 0.374 e. The molecule has 0 amide bonds. The second-order valence-corrected chi connectivity index (χ2v) is 4.96. The van der Waals surface area contributed by atoms with Crippen molar-refractivity contribution in [3.05, 3.63) is 35.1 Å². The molecule has 0 radical (unpaired) electrons. The molecular weight excluding hydrogens is 245 g/mol. The van der Waals surface area contributed by atoms with Gasteiger partial charge >= 0.3 is 0 Å². The van der Waals surface area contributed by atoms with Crippen molar-refractivity contribution in [1.82, 2.24) is 10.3 Å². The summed E-state index contributed by atoms with van der Waals surface area (Å²) in [6.07, 6.45) is -0.0106. The summed E-state index contributed by atoms with van der Waals surface area (Å²) in [5, 5.41) is 0. The number of benzene rings is 1. The first-order valence-corrected chi connectivity index (χ1v) is 6.71. The van der Waals surface area contributed by atoms with E-state index >= 15 is 0 Å². The summed E-state index contributed by atoms with van der Waals surface area (Å²) in [7, 11) is 0. The molecule has 0 aliphatic carbocycles. The molecule has 1 aromatic rings. The summed E-state index contributed by atoms with van der Waals surface area (Å²) in [6.45, 7) is 7.38. The monoisotopic (exact) mass is 267 g/mol. The minimum absolute atomic E-state index is 0.0106. The number of likely N-dealkylation sites (N-methyl/N-ethyl adjacent to an activating group) is 1. The van der Waals surface area contributed by atoms with Crippen LogP contribution in [0.1, 0.15) is 24.1 Å². The van der Waals surface area contributed by atoms with Crippen LogP contribution in [-0.4, -0.2) is 37.2 Å². The highest BCUT2D eigenvalue weighted by Crippen LogP contribution is 2.23. The molecule has 2 rings (SSSR count). The molecule has 3 N–H and O–H groups in total. The summed E-state index contributed by atoms with van der Waals surface area (Å²) in [5.41, 5.74) is 4.39. The fourth-order valence-electron chi connectivity index (χ4n) is 2.50. The zero-order valence-corrected chi connectivity index (χ0v) is 11.5. The van der Waals surface area contributed by atoms with Gasteiger partial charge in [-0.1, -0.05) is 19.1 Å². The van der Waals surface area contributed by atoms with Gasteiger partial charge in [0.25, 0.3) is 0 Å². The van der Waals surface area contributed by atoms with Gasteiger partial charge in [-0.3, -0.25) is 16.2 Å². The Labute approximate surface area is 113 Å². The lowest BCUT2D eigenvalue weighted by Crippen LogP contribution is -2.49. The number of hydrogen-bond donors (Lipinski definition) is 2. The maximum atomic E-state index is 13.3. The molecule has 2 atom stereocenters. The van der Waals surface area contributed by atoms with Crippen molar-refractivity contribution < 1.29 is 9.13 Å². The SMILES string of the molecule is CCN1CCOC(C(NN)c2ccc(F)c(C)c2)C1. The van der Waals surface area contributed by atoms with Gasteiger partial charge in [0.1, 0.15) is 5.82 Å². The third kappa shape index (κ3) is 3.30. The van der Waals surface area contributed by atoms with E-state index in [1.165, 1.54) is 6.07 Å². The number of rotatable bonds is 4. The molecule has 0 spiro atoms. The van der Waals surface area contributed by atoms with E-state index in [0.29, 0.717) is 12.2 Å². The topological polar surface area (TPSA) is 50.5 Å². The van der Waals surface area contributed by atoms with Crippen molar-refractivity contribution in [2.75, 3.05) is 26.2 Å². The average molecular weight is 267 g/mol. The molecular formula is C14H22FN3O. The van der Waals surface area contributed by atoms with Crippen molar-refractivity contribution in [2.45, 2.75) is 26.0 Å². The molecule has 4 nitrogen and oxygen atoms in total. The lowest BCUT2D eigenvalue weighted by molar-refractivity contribution is -0.0456. The van der Waals surface area contributed by atoms with Crippen molar-refractivity contribution in [3.63, 3.8) is 0 Å². The van der Waals surface area contributed by atoms with Crippen molar-refractivity contribution in [3.8, 4) is 0 Å². The Hall–Kier alpha value is -1.01. The summed E-state index contributed by atoms with van der Waals surface area (Å²) in [6, 6.07) is 4.96. The first kappa shape index (κ1) is 14.4. The van der Waals surface area contributed by atoms with Crippen LogP contribution < -0.4 is 11.3 Å². The second kappa shape index (κ2) is 6.43. The van der Waals surface area contributed by atoms with Gasteiger partial charge in [0.05, 0.1) is 18.8 Å². The van der Waals surface area contributed by atoms with Crippen LogP contribution in [0.3, 0.4) is 0 Å². The highest BCUT2D eigenvalue weighted by atomic mass is 19.1. The molecule has 1 heterocycles. The highest BCUT2D eigenvalue weighted by Gasteiger charge is 2.28. The first-order valence-electron chi connectivity index (χ1n) is 6.71. The molecule has 1 aliphatic heterocycles. The average Bonchev–Trinajstić information content (AvgIpc) is 2.44. The maximum absolute atomic E-state index is 13.3. The van der Waals surface area contributed by atoms with Gasteiger partial charge in [0.15, 0.2) is 0 Å². The van der Waals surface area contributed by atoms with Gasteiger partial charge < -0.3 is 4.74 Å². The molecule has 0 bridgehead atoms. The van der Waals surface area contributed by atoms with E-state index in [-0.39, 0.29) is 18.0 Å². The van der Waals surface area contributed by atoms with Crippen molar-refractivity contribution >= 4 is 0 Å². The van der Waals surface area contributed by atoms with Crippen molar-refractivity contribution in [2.24, 2.45) is 5.84 Å². The predicted molar refractivity (Wildman–Crippen MR) is 73.1 cm³/mol. The van der Waals surface area contributed by atoms with Crippen LogP contribution >= 0.6 is 0 Å². The Bertz CT molecular complexity index is 427. The van der Waals surface area contributed by atoms with E-state index < -0.39 is 0 Å². The second-order valence-electron chi connectivity index (χ2n) is 4.96. The molecule has 1 aromatic carbocycles. The quantitative estimate of drug-likeness (QED) is 0.639. The number of hydrogen-bond acceptors (Lipinski definition) is 4. The molecule has 106 valence electrons. The van der Waals surface area contributed by atoms with Crippen LogP contribution in [0.25, 0.3) is 0 Å². The van der Waals surface area contributed by atoms with Crippen LogP contribution in [-0.2, 0) is 4.74 Å². The van der Waals surface area contributed by atoms with E-state index in [1.807, 2.05) is 6.07 Å². The van der Waals surface area contributed by atoms with E-state index in [9.17, 15) is 4.39 Å². The molecule has 0 saturated carbocycles. The fraction of sp³-hybridized carbons (Fsp3) is 0.571. The van der Waals surface area contributed by atoms with E-state index in [2.05, 4.69) is 17.2 Å². The van der Waals surface area contributed by atoms with E-state index in [0.717, 1.165) is 25.2 Å². The molecule has 1 saturated heterocycles. The standard InChI is InChI=1S/C14H22FN3O/c1-3-18-6-7-19-13(9-18)14(17-16)11-4-5-12(15)10(2)8-11/h4-5,8,13-14,17H,3,6-7,9,16H2,1-2H3. The van der Waals surface area contributed by atoms with Gasteiger partial charge in [0.2, 0.25) is 0 Å². The number of nitrogens with two attached hydrogens (primary N) is 1. The molecule has 19 heavy (non-hydrogen) atoms. The lowest BCUT2D eigenvalue weighted by Gasteiger charge is -2.36. The van der Waals surface area contributed by atoms with E-state index in [4.69, 9.17) is 10.6 Å². The third-order valence-electron chi connectivity index (χ3n) is 3.72. The van der Waals surface area contributed by atoms with Crippen molar-refractivity contribution in [1.29, 1.82) is 0 Å². The van der Waals surface area contributed by atoms with Gasteiger partial charge in [-0.15, -0.1) is 0 Å². The van der Waals surface area contributed by atoms with Crippen LogP contribution in [0.15, 0.2) is 18.2 Å². The van der Waals surface area contributed by atoms with Gasteiger partial charge in [0, 0.05) is 13.1 Å². The number of hydrazine groups is 1. The fourth-order valence-corrected chi connectivity index (χ4v) is 2.50. The first-order chi connectivity index (χ1) is 9.15. The third-order valence-corrected chi connectivity index (χ3v) is 3.72. The van der Waals surface area contributed by atoms with Crippen LogP contribution in [0, 0.1) is 12.7 Å². The highest BCUT2D eigenvalue weighted by molar-refractivity contribution is 5.27. The summed E-state index contributed by atoms with van der Waals surface area (Å²) >= 11 is 0. The molecule has 5 heteroatoms. The van der Waals surface area contributed by atoms with Crippen LogP contribution in [0.4, 0.5) is 4.39 Å². The zero-order valence-electron chi connectivity index (χ0n) is 11.5. The van der Waals surface area contributed by atoms with Gasteiger partial charge in [-0.2, -0.15) is 0 Å². The van der Waals surface area contributed by atoms with Crippen LogP contribution in [0.2, 0.25) is 0 Å². The molecule has 1 aliphatic rings. The Morgan fingerprint density at radius 2 is 2.37 bits per heavy atom. The number of halogens is 1. The summed E-state index contributed by atoms with van der Waals surface area (Å²) < 4.78 is 19.1. The zero-order chi connectivity index (χ0) is 13.8. The van der Waals surface area contributed by atoms with Crippen LogP contribution in [0.5, 0.6) is 0 Å². The summed E-state index contributed by atoms with van der Waals surface area (Å²) in [5.74, 6) is 5.47. The van der Waals surface area contributed by atoms with E-state index in [1.54, 1.807) is 13.0 Å². The Kier molecular flexibility index (Phi) is 4.87. The normalized spacial score (nSPS) is 22.4. The van der Waals surface area contributed by atoms with Gasteiger partial charge in [-0.25, -0.2) is 4.39 Å². The smallest absolute Gasteiger partial charge is 0.126 e. The number of ether oxygens (including phenoxy) is 1. The number of aryl methyl sites for hydroxylation is 1. The Balaban J connectivity index is 2.16. The molecule has 0 aromatic heterocycles. The maximum Gasteiger partial charge on any atom is 0.126 e. The van der Waals surface area contributed by atoms with Gasteiger partial charge in [-0.05, 0) is 30.7 Å². The molecule has 1 fully saturated rings.